The molecule has 0 aliphatic rings. The zero-order valence-corrected chi connectivity index (χ0v) is 17.3. The fraction of sp³-hybridized carbons (Fsp3) is 0.381. The number of nitrogens with zero attached hydrogens (tertiary/aromatic N) is 1. The highest BCUT2D eigenvalue weighted by molar-refractivity contribution is 7.89. The number of carbonyl (C=O) groups is 1. The Balaban J connectivity index is 2.23. The lowest BCUT2D eigenvalue weighted by Gasteiger charge is -2.22. The summed E-state index contributed by atoms with van der Waals surface area (Å²) in [7, 11) is -3.88. The van der Waals surface area contributed by atoms with Crippen molar-refractivity contribution >= 4 is 15.9 Å². The predicted molar refractivity (Wildman–Crippen MR) is 108 cm³/mol. The van der Waals surface area contributed by atoms with E-state index < -0.39 is 15.8 Å². The summed E-state index contributed by atoms with van der Waals surface area (Å²) in [5.41, 5.74) is 1.54. The molecule has 2 aromatic carbocycles. The van der Waals surface area contributed by atoms with E-state index in [1.54, 1.807) is 12.1 Å². The van der Waals surface area contributed by atoms with Crippen molar-refractivity contribution in [3.63, 3.8) is 0 Å². The average Bonchev–Trinajstić information content (AvgIpc) is 2.63. The van der Waals surface area contributed by atoms with Crippen LogP contribution in [0.25, 0.3) is 0 Å². The molecule has 2 aromatic rings. The van der Waals surface area contributed by atoms with E-state index in [4.69, 9.17) is 0 Å². The summed E-state index contributed by atoms with van der Waals surface area (Å²) in [5.74, 6) is -0.325. The molecule has 28 heavy (non-hydrogen) atoms. The van der Waals surface area contributed by atoms with Crippen LogP contribution < -0.4 is 5.32 Å². The molecule has 0 unspecified atom stereocenters. The highest BCUT2D eigenvalue weighted by atomic mass is 32.2. The minimum absolute atomic E-state index is 0.0198. The van der Waals surface area contributed by atoms with E-state index in [0.717, 1.165) is 16.3 Å². The van der Waals surface area contributed by atoms with Gasteiger partial charge < -0.3 is 5.32 Å². The Morgan fingerprint density at radius 1 is 1.07 bits per heavy atom. The number of halogens is 1. The van der Waals surface area contributed by atoms with Crippen LogP contribution in [0.2, 0.25) is 0 Å². The van der Waals surface area contributed by atoms with Gasteiger partial charge in [0.2, 0.25) is 15.9 Å². The summed E-state index contributed by atoms with van der Waals surface area (Å²) >= 11 is 0. The molecule has 2 rings (SSSR count). The average molecular weight is 407 g/mol. The van der Waals surface area contributed by atoms with Gasteiger partial charge in [0.1, 0.15) is 5.82 Å². The third kappa shape index (κ3) is 6.42. The van der Waals surface area contributed by atoms with Gasteiger partial charge in [0, 0.05) is 13.1 Å². The molecule has 1 amide bonds. The van der Waals surface area contributed by atoms with Gasteiger partial charge in [-0.3, -0.25) is 4.79 Å². The Morgan fingerprint density at radius 3 is 2.25 bits per heavy atom. The molecule has 0 fully saturated rings. The van der Waals surface area contributed by atoms with E-state index in [0.29, 0.717) is 18.0 Å². The van der Waals surface area contributed by atoms with Gasteiger partial charge in [-0.2, -0.15) is 4.31 Å². The maximum absolute atomic E-state index is 13.2. The van der Waals surface area contributed by atoms with Gasteiger partial charge in [-0.05, 0) is 49.1 Å². The zero-order valence-electron chi connectivity index (χ0n) is 16.5. The minimum Gasteiger partial charge on any atom is -0.355 e. The lowest BCUT2D eigenvalue weighted by atomic mass is 10.1. The lowest BCUT2D eigenvalue weighted by Crippen LogP contribution is -2.40. The molecule has 0 aliphatic carbocycles. The molecule has 0 saturated heterocycles. The van der Waals surface area contributed by atoms with Crippen molar-refractivity contribution in [1.82, 2.24) is 9.62 Å². The van der Waals surface area contributed by atoms with Crippen LogP contribution in [0.3, 0.4) is 0 Å². The smallest absolute Gasteiger partial charge is 0.243 e. The second-order valence-electron chi connectivity index (χ2n) is 7.25. The lowest BCUT2D eigenvalue weighted by molar-refractivity contribution is -0.121. The summed E-state index contributed by atoms with van der Waals surface area (Å²) in [5, 5.41) is 2.77. The van der Waals surface area contributed by atoms with Crippen LogP contribution in [-0.2, 0) is 21.4 Å². The maximum Gasteiger partial charge on any atom is 0.243 e. The molecule has 5 nitrogen and oxygen atoms in total. The van der Waals surface area contributed by atoms with E-state index >= 15 is 0 Å². The molecule has 0 heterocycles. The van der Waals surface area contributed by atoms with E-state index in [1.807, 2.05) is 6.92 Å². The Labute approximate surface area is 166 Å². The van der Waals surface area contributed by atoms with E-state index in [-0.39, 0.29) is 23.9 Å². The van der Waals surface area contributed by atoms with Gasteiger partial charge >= 0.3 is 0 Å². The Bertz CT molecular complexity index is 879. The maximum atomic E-state index is 13.2. The molecule has 0 aliphatic heterocycles. The first-order chi connectivity index (χ1) is 13.2. The van der Waals surface area contributed by atoms with Crippen LogP contribution in [0.4, 0.5) is 4.39 Å². The molecule has 0 bridgehead atoms. The largest absolute Gasteiger partial charge is 0.355 e. The number of nitrogens with one attached hydrogen (secondary N) is 1. The number of hydrogen-bond donors (Lipinski definition) is 1. The SMILES string of the molecule is Cc1ccc(S(=O)(=O)N(CC(=O)NCCC(C)C)Cc2ccc(F)cc2)cc1. The van der Waals surface area contributed by atoms with Crippen LogP contribution in [-0.4, -0.2) is 31.7 Å². The molecule has 1 N–H and O–H groups in total. The second-order valence-corrected chi connectivity index (χ2v) is 9.18. The third-order valence-electron chi connectivity index (χ3n) is 4.29. The standard InChI is InChI=1S/C21H27FN2O3S/c1-16(2)12-13-23-21(25)15-24(14-18-6-8-19(22)9-7-18)28(26,27)20-10-4-17(3)5-11-20/h4-11,16H,12-15H2,1-3H3,(H,23,25). The van der Waals surface area contributed by atoms with Gasteiger partial charge in [0.15, 0.2) is 0 Å². The van der Waals surface area contributed by atoms with Gasteiger partial charge in [0.25, 0.3) is 0 Å². The molecule has 0 spiro atoms. The third-order valence-corrected chi connectivity index (χ3v) is 6.10. The highest BCUT2D eigenvalue weighted by Crippen LogP contribution is 2.19. The second kappa shape index (κ2) is 9.80. The molecular weight excluding hydrogens is 379 g/mol. The number of rotatable bonds is 9. The van der Waals surface area contributed by atoms with Crippen molar-refractivity contribution in [2.45, 2.75) is 38.6 Å². The van der Waals surface area contributed by atoms with Crippen molar-refractivity contribution in [2.24, 2.45) is 5.92 Å². The van der Waals surface area contributed by atoms with Crippen molar-refractivity contribution in [2.75, 3.05) is 13.1 Å². The van der Waals surface area contributed by atoms with Gasteiger partial charge in [-0.15, -0.1) is 0 Å². The highest BCUT2D eigenvalue weighted by Gasteiger charge is 2.26. The summed E-state index contributed by atoms with van der Waals surface area (Å²) in [6, 6.07) is 12.1. The Kier molecular flexibility index (Phi) is 7.71. The predicted octanol–water partition coefficient (Wildman–Crippen LogP) is 3.49. The van der Waals surface area contributed by atoms with Crippen LogP contribution in [0.15, 0.2) is 53.4 Å². The van der Waals surface area contributed by atoms with Gasteiger partial charge in [-0.1, -0.05) is 43.7 Å². The quantitative estimate of drug-likeness (QED) is 0.693. The first-order valence-electron chi connectivity index (χ1n) is 9.26. The number of carbonyl (C=O) groups excluding carboxylic acids is 1. The van der Waals surface area contributed by atoms with Crippen molar-refractivity contribution < 1.29 is 17.6 Å². The summed E-state index contributed by atoms with van der Waals surface area (Å²) in [4.78, 5) is 12.5. The molecule has 0 radical (unpaired) electrons. The molecular formula is C21H27FN2O3S. The van der Waals surface area contributed by atoms with Crippen molar-refractivity contribution in [3.05, 3.63) is 65.5 Å². The molecule has 152 valence electrons. The fourth-order valence-electron chi connectivity index (χ4n) is 2.59. The first kappa shape index (κ1) is 22.0. The summed E-state index contributed by atoms with van der Waals surface area (Å²) in [6.07, 6.45) is 0.814. The zero-order chi connectivity index (χ0) is 20.7. The van der Waals surface area contributed by atoms with Crippen molar-refractivity contribution in [3.8, 4) is 0 Å². The van der Waals surface area contributed by atoms with Crippen molar-refractivity contribution in [1.29, 1.82) is 0 Å². The van der Waals surface area contributed by atoms with E-state index in [9.17, 15) is 17.6 Å². The number of hydrogen-bond acceptors (Lipinski definition) is 3. The Morgan fingerprint density at radius 2 is 1.68 bits per heavy atom. The molecule has 0 atom stereocenters. The summed E-state index contributed by atoms with van der Waals surface area (Å²) in [6.45, 7) is 6.14. The molecule has 0 aromatic heterocycles. The van der Waals surface area contributed by atoms with Gasteiger partial charge in [-0.25, -0.2) is 12.8 Å². The Hall–Kier alpha value is -2.25. The molecule has 0 saturated carbocycles. The monoisotopic (exact) mass is 406 g/mol. The van der Waals surface area contributed by atoms with Crippen LogP contribution in [0, 0.1) is 18.7 Å². The fourth-order valence-corrected chi connectivity index (χ4v) is 3.98. The number of amides is 1. The van der Waals surface area contributed by atoms with Crippen LogP contribution >= 0.6 is 0 Å². The minimum atomic E-state index is -3.88. The number of aryl methyl sites for hydroxylation is 1. The first-order valence-corrected chi connectivity index (χ1v) is 10.7. The summed E-state index contributed by atoms with van der Waals surface area (Å²) < 4.78 is 40.5. The van der Waals surface area contributed by atoms with Crippen LogP contribution in [0.5, 0.6) is 0 Å². The van der Waals surface area contributed by atoms with E-state index in [1.165, 1.54) is 36.4 Å². The number of benzene rings is 2. The van der Waals surface area contributed by atoms with E-state index in [2.05, 4.69) is 19.2 Å². The number of sulfonamides is 1. The topological polar surface area (TPSA) is 66.5 Å². The van der Waals surface area contributed by atoms with Gasteiger partial charge in [0.05, 0.1) is 11.4 Å². The normalized spacial score (nSPS) is 11.8. The molecule has 7 heteroatoms. The van der Waals surface area contributed by atoms with Crippen LogP contribution in [0.1, 0.15) is 31.4 Å².